The van der Waals surface area contributed by atoms with Crippen LogP contribution in [0.2, 0.25) is 0 Å². The minimum absolute atomic E-state index is 0.0112. The van der Waals surface area contributed by atoms with Gasteiger partial charge in [-0.05, 0) is 19.1 Å². The van der Waals surface area contributed by atoms with Crippen molar-refractivity contribution in [3.05, 3.63) is 58.1 Å². The molecule has 0 spiro atoms. The number of pyridine rings is 2. The standard InChI is InChI=1S/C13H14N2O2/c1-10-5-4-8-15(13(10)16)9-11-6-3-7-12(14-11)17-2/h3-8H,9H2,1-2H3. The van der Waals surface area contributed by atoms with Crippen LogP contribution in [0.4, 0.5) is 0 Å². The smallest absolute Gasteiger partial charge is 0.253 e. The molecule has 2 rings (SSSR count). The molecule has 4 heteroatoms. The van der Waals surface area contributed by atoms with Gasteiger partial charge < -0.3 is 9.30 Å². The fraction of sp³-hybridized carbons (Fsp3) is 0.231. The summed E-state index contributed by atoms with van der Waals surface area (Å²) >= 11 is 0. The molecule has 0 aliphatic carbocycles. The molecule has 88 valence electrons. The van der Waals surface area contributed by atoms with E-state index in [1.165, 1.54) is 0 Å². The van der Waals surface area contributed by atoms with Crippen molar-refractivity contribution < 1.29 is 4.74 Å². The molecule has 0 saturated carbocycles. The van der Waals surface area contributed by atoms with E-state index in [1.807, 2.05) is 18.2 Å². The predicted molar refractivity (Wildman–Crippen MR) is 65.3 cm³/mol. The van der Waals surface area contributed by atoms with E-state index in [2.05, 4.69) is 4.98 Å². The van der Waals surface area contributed by atoms with Gasteiger partial charge >= 0.3 is 0 Å². The first kappa shape index (κ1) is 11.4. The van der Waals surface area contributed by atoms with E-state index in [4.69, 9.17) is 4.74 Å². The topological polar surface area (TPSA) is 44.1 Å². The number of aromatic nitrogens is 2. The van der Waals surface area contributed by atoms with Crippen molar-refractivity contribution >= 4 is 0 Å². The molecule has 0 unspecified atom stereocenters. The van der Waals surface area contributed by atoms with Crippen LogP contribution < -0.4 is 10.3 Å². The number of methoxy groups -OCH3 is 1. The van der Waals surface area contributed by atoms with Gasteiger partial charge in [-0.3, -0.25) is 4.79 Å². The maximum atomic E-state index is 11.8. The molecular formula is C13H14N2O2. The number of aryl methyl sites for hydroxylation is 1. The maximum absolute atomic E-state index is 11.8. The zero-order valence-corrected chi connectivity index (χ0v) is 9.88. The maximum Gasteiger partial charge on any atom is 0.253 e. The van der Waals surface area contributed by atoms with Gasteiger partial charge in [-0.15, -0.1) is 0 Å². The second kappa shape index (κ2) is 4.82. The third kappa shape index (κ3) is 2.53. The lowest BCUT2D eigenvalue weighted by atomic mass is 10.3. The Balaban J connectivity index is 2.31. The highest BCUT2D eigenvalue weighted by Crippen LogP contribution is 2.07. The van der Waals surface area contributed by atoms with Gasteiger partial charge in [0.25, 0.3) is 5.56 Å². The Morgan fingerprint density at radius 2 is 2.12 bits per heavy atom. The second-order valence-corrected chi connectivity index (χ2v) is 3.80. The summed E-state index contributed by atoms with van der Waals surface area (Å²) in [5, 5.41) is 0. The molecule has 0 bridgehead atoms. The number of ether oxygens (including phenoxy) is 1. The molecule has 4 nitrogen and oxygen atoms in total. The third-order valence-corrected chi connectivity index (χ3v) is 2.53. The summed E-state index contributed by atoms with van der Waals surface area (Å²) in [6.45, 7) is 2.26. The molecule has 0 saturated heterocycles. The summed E-state index contributed by atoms with van der Waals surface area (Å²) in [6.07, 6.45) is 1.76. The van der Waals surface area contributed by atoms with E-state index in [0.29, 0.717) is 12.4 Å². The molecule has 0 radical (unpaired) electrons. The van der Waals surface area contributed by atoms with Crippen molar-refractivity contribution in [3.63, 3.8) is 0 Å². The van der Waals surface area contributed by atoms with Gasteiger partial charge in [0.2, 0.25) is 5.88 Å². The predicted octanol–water partition coefficient (Wildman–Crippen LogP) is 1.61. The summed E-state index contributed by atoms with van der Waals surface area (Å²) in [5.74, 6) is 0.559. The van der Waals surface area contributed by atoms with Gasteiger partial charge in [0.15, 0.2) is 0 Å². The van der Waals surface area contributed by atoms with Crippen LogP contribution in [0.3, 0.4) is 0 Å². The Labute approximate surface area is 99.5 Å². The van der Waals surface area contributed by atoms with Crippen LogP contribution in [0, 0.1) is 6.92 Å². The average Bonchev–Trinajstić information content (AvgIpc) is 2.35. The number of hydrogen-bond donors (Lipinski definition) is 0. The Bertz CT molecular complexity index is 576. The summed E-state index contributed by atoms with van der Waals surface area (Å²) in [4.78, 5) is 16.1. The lowest BCUT2D eigenvalue weighted by Crippen LogP contribution is -2.22. The highest BCUT2D eigenvalue weighted by Gasteiger charge is 2.02. The van der Waals surface area contributed by atoms with Crippen molar-refractivity contribution in [1.82, 2.24) is 9.55 Å². The van der Waals surface area contributed by atoms with Crippen molar-refractivity contribution in [2.75, 3.05) is 7.11 Å². The monoisotopic (exact) mass is 230 g/mol. The van der Waals surface area contributed by atoms with Gasteiger partial charge in [0.05, 0.1) is 19.3 Å². The zero-order chi connectivity index (χ0) is 12.3. The van der Waals surface area contributed by atoms with Crippen molar-refractivity contribution in [3.8, 4) is 5.88 Å². The first-order valence-corrected chi connectivity index (χ1v) is 5.36. The van der Waals surface area contributed by atoms with Crippen LogP contribution in [-0.2, 0) is 6.54 Å². The molecule has 0 aliphatic rings. The van der Waals surface area contributed by atoms with Crippen LogP contribution >= 0.6 is 0 Å². The van der Waals surface area contributed by atoms with Crippen molar-refractivity contribution in [1.29, 1.82) is 0 Å². The number of rotatable bonds is 3. The van der Waals surface area contributed by atoms with Gasteiger partial charge in [0, 0.05) is 17.8 Å². The summed E-state index contributed by atoms with van der Waals surface area (Å²) in [7, 11) is 1.57. The van der Waals surface area contributed by atoms with Gasteiger partial charge in [-0.25, -0.2) is 4.98 Å². The fourth-order valence-electron chi connectivity index (χ4n) is 1.62. The van der Waals surface area contributed by atoms with Crippen LogP contribution in [-0.4, -0.2) is 16.7 Å². The first-order chi connectivity index (χ1) is 8.20. The Morgan fingerprint density at radius 3 is 2.88 bits per heavy atom. The molecule has 0 aromatic carbocycles. The normalized spacial score (nSPS) is 10.2. The molecule has 0 atom stereocenters. The minimum atomic E-state index is 0.0112. The number of nitrogens with zero attached hydrogens (tertiary/aromatic N) is 2. The summed E-state index contributed by atoms with van der Waals surface area (Å²) in [5.41, 5.74) is 1.55. The van der Waals surface area contributed by atoms with Gasteiger partial charge in [-0.1, -0.05) is 12.1 Å². The van der Waals surface area contributed by atoms with E-state index in [9.17, 15) is 4.79 Å². The lowest BCUT2D eigenvalue weighted by Gasteiger charge is -2.07. The van der Waals surface area contributed by atoms with Crippen LogP contribution in [0.5, 0.6) is 5.88 Å². The van der Waals surface area contributed by atoms with Crippen molar-refractivity contribution in [2.24, 2.45) is 0 Å². The van der Waals surface area contributed by atoms with E-state index < -0.39 is 0 Å². The zero-order valence-electron chi connectivity index (χ0n) is 9.88. The summed E-state index contributed by atoms with van der Waals surface area (Å²) < 4.78 is 6.68. The molecule has 2 aromatic rings. The van der Waals surface area contributed by atoms with E-state index >= 15 is 0 Å². The molecule has 2 heterocycles. The Morgan fingerprint density at radius 1 is 1.29 bits per heavy atom. The van der Waals surface area contributed by atoms with Crippen molar-refractivity contribution in [2.45, 2.75) is 13.5 Å². The first-order valence-electron chi connectivity index (χ1n) is 5.36. The van der Waals surface area contributed by atoms with Gasteiger partial charge in [0.1, 0.15) is 0 Å². The second-order valence-electron chi connectivity index (χ2n) is 3.80. The third-order valence-electron chi connectivity index (χ3n) is 2.53. The van der Waals surface area contributed by atoms with Crippen LogP contribution in [0.25, 0.3) is 0 Å². The molecule has 0 amide bonds. The molecule has 17 heavy (non-hydrogen) atoms. The average molecular weight is 230 g/mol. The quantitative estimate of drug-likeness (QED) is 0.804. The Hall–Kier alpha value is -2.10. The molecule has 0 aliphatic heterocycles. The largest absolute Gasteiger partial charge is 0.481 e. The minimum Gasteiger partial charge on any atom is -0.481 e. The highest BCUT2D eigenvalue weighted by molar-refractivity contribution is 5.16. The van der Waals surface area contributed by atoms with Crippen LogP contribution in [0.15, 0.2) is 41.3 Å². The number of hydrogen-bond acceptors (Lipinski definition) is 3. The fourth-order valence-corrected chi connectivity index (χ4v) is 1.62. The van der Waals surface area contributed by atoms with E-state index in [-0.39, 0.29) is 5.56 Å². The van der Waals surface area contributed by atoms with Gasteiger partial charge in [-0.2, -0.15) is 0 Å². The lowest BCUT2D eigenvalue weighted by molar-refractivity contribution is 0.396. The highest BCUT2D eigenvalue weighted by atomic mass is 16.5. The van der Waals surface area contributed by atoms with E-state index in [0.717, 1.165) is 11.3 Å². The van der Waals surface area contributed by atoms with E-state index in [1.54, 1.807) is 36.9 Å². The molecular weight excluding hydrogens is 216 g/mol. The summed E-state index contributed by atoms with van der Waals surface area (Å²) in [6, 6.07) is 9.18. The SMILES string of the molecule is COc1cccc(Cn2cccc(C)c2=O)n1. The molecule has 2 aromatic heterocycles. The molecule has 0 N–H and O–H groups in total. The Kier molecular flexibility index (Phi) is 3.23. The van der Waals surface area contributed by atoms with Crippen LogP contribution in [0.1, 0.15) is 11.3 Å². The molecule has 0 fully saturated rings.